The summed E-state index contributed by atoms with van der Waals surface area (Å²) in [5, 5.41) is 2.91. The van der Waals surface area contributed by atoms with Crippen molar-refractivity contribution in [3.63, 3.8) is 0 Å². The number of fused-ring (bicyclic) bond motifs is 1. The first-order valence-electron chi connectivity index (χ1n) is 8.76. The Hall–Kier alpha value is -2.50. The third-order valence-corrected chi connectivity index (χ3v) is 4.50. The molecule has 1 aliphatic heterocycles. The minimum atomic E-state index is -0.191. The van der Waals surface area contributed by atoms with Gasteiger partial charge in [0.25, 0.3) is 0 Å². The molecule has 0 saturated carbocycles. The van der Waals surface area contributed by atoms with Crippen LogP contribution in [0.4, 0.5) is 5.69 Å². The van der Waals surface area contributed by atoms with Crippen molar-refractivity contribution in [3.05, 3.63) is 29.8 Å². The zero-order valence-corrected chi connectivity index (χ0v) is 14.5. The van der Waals surface area contributed by atoms with Gasteiger partial charge >= 0.3 is 0 Å². The summed E-state index contributed by atoms with van der Waals surface area (Å²) in [6.07, 6.45) is 7.94. The van der Waals surface area contributed by atoms with E-state index in [1.807, 2.05) is 0 Å². The van der Waals surface area contributed by atoms with Gasteiger partial charge in [0.15, 0.2) is 11.5 Å². The number of rotatable bonds is 6. The maximum Gasteiger partial charge on any atom is 0.240 e. The highest BCUT2D eigenvalue weighted by Gasteiger charge is 2.20. The minimum Gasteiger partial charge on any atom is -0.454 e. The molecule has 0 atom stereocenters. The van der Waals surface area contributed by atoms with Crippen LogP contribution in [0.15, 0.2) is 29.8 Å². The number of nitrogens with zero attached hydrogens (tertiary/aromatic N) is 1. The smallest absolute Gasteiger partial charge is 0.240 e. The Bertz CT molecular complexity index is 684. The van der Waals surface area contributed by atoms with E-state index in [1.165, 1.54) is 30.2 Å². The molecule has 0 spiro atoms. The number of amides is 2. The van der Waals surface area contributed by atoms with Crippen molar-refractivity contribution in [1.29, 1.82) is 0 Å². The van der Waals surface area contributed by atoms with E-state index < -0.39 is 0 Å². The first-order chi connectivity index (χ1) is 12.1. The van der Waals surface area contributed by atoms with Crippen LogP contribution in [0.1, 0.15) is 39.0 Å². The number of allylic oxidation sites excluding steroid dienone is 1. The number of hydrogen-bond acceptors (Lipinski definition) is 4. The molecule has 3 rings (SSSR count). The number of hydrogen-bond donors (Lipinski definition) is 1. The van der Waals surface area contributed by atoms with Gasteiger partial charge in [-0.15, -0.1) is 0 Å². The van der Waals surface area contributed by atoms with Crippen molar-refractivity contribution in [2.45, 2.75) is 39.0 Å². The first-order valence-corrected chi connectivity index (χ1v) is 8.76. The van der Waals surface area contributed by atoms with Crippen molar-refractivity contribution in [1.82, 2.24) is 5.32 Å². The lowest BCUT2D eigenvalue weighted by Gasteiger charge is -2.21. The van der Waals surface area contributed by atoms with E-state index in [0.717, 1.165) is 19.3 Å². The van der Waals surface area contributed by atoms with Gasteiger partial charge in [-0.25, -0.2) is 0 Å². The highest BCUT2D eigenvalue weighted by molar-refractivity contribution is 5.97. The lowest BCUT2D eigenvalue weighted by atomic mass is 9.97. The Morgan fingerprint density at radius 3 is 2.80 bits per heavy atom. The van der Waals surface area contributed by atoms with E-state index in [0.29, 0.717) is 23.7 Å². The topological polar surface area (TPSA) is 67.9 Å². The molecule has 6 heteroatoms. The Kier molecular flexibility index (Phi) is 5.58. The predicted octanol–water partition coefficient (Wildman–Crippen LogP) is 2.77. The summed E-state index contributed by atoms with van der Waals surface area (Å²) in [5.74, 6) is 0.888. The van der Waals surface area contributed by atoms with Crippen molar-refractivity contribution >= 4 is 17.5 Å². The lowest BCUT2D eigenvalue weighted by Crippen LogP contribution is -2.40. The number of nitrogens with one attached hydrogen (secondary N) is 1. The molecule has 0 unspecified atom stereocenters. The second-order valence-corrected chi connectivity index (χ2v) is 6.35. The van der Waals surface area contributed by atoms with Gasteiger partial charge in [-0.3, -0.25) is 9.59 Å². The van der Waals surface area contributed by atoms with E-state index in [2.05, 4.69) is 11.4 Å². The normalized spacial score (nSPS) is 15.5. The summed E-state index contributed by atoms with van der Waals surface area (Å²) in [5.41, 5.74) is 2.05. The van der Waals surface area contributed by atoms with Crippen LogP contribution in [0.2, 0.25) is 0 Å². The standard InChI is InChI=1S/C19H24N2O4/c1-14(22)21(16-7-8-17-18(11-16)25-13-24-17)12-19(23)20-10-9-15-5-3-2-4-6-15/h5,7-8,11H,2-4,6,9-10,12-13H2,1H3,(H,20,23). The molecule has 0 radical (unpaired) electrons. The number of carbonyl (C=O) groups is 2. The van der Waals surface area contributed by atoms with E-state index in [9.17, 15) is 9.59 Å². The Labute approximate surface area is 147 Å². The van der Waals surface area contributed by atoms with Crippen molar-refractivity contribution in [3.8, 4) is 11.5 Å². The van der Waals surface area contributed by atoms with Gasteiger partial charge in [-0.1, -0.05) is 11.6 Å². The Morgan fingerprint density at radius 2 is 2.04 bits per heavy atom. The van der Waals surface area contributed by atoms with Gasteiger partial charge in [0.1, 0.15) is 6.54 Å². The second-order valence-electron chi connectivity index (χ2n) is 6.35. The maximum absolute atomic E-state index is 12.2. The molecule has 1 aromatic carbocycles. The number of ether oxygens (including phenoxy) is 2. The molecule has 1 heterocycles. The van der Waals surface area contributed by atoms with E-state index in [4.69, 9.17) is 9.47 Å². The van der Waals surface area contributed by atoms with E-state index in [1.54, 1.807) is 18.2 Å². The molecular weight excluding hydrogens is 320 g/mol. The van der Waals surface area contributed by atoms with Crippen LogP contribution >= 0.6 is 0 Å². The molecule has 0 aromatic heterocycles. The largest absolute Gasteiger partial charge is 0.454 e. The highest BCUT2D eigenvalue weighted by atomic mass is 16.7. The SMILES string of the molecule is CC(=O)N(CC(=O)NCCC1=CCCCC1)c1ccc2c(c1)OCO2. The molecule has 0 fully saturated rings. The molecule has 1 aromatic rings. The fraction of sp³-hybridized carbons (Fsp3) is 0.474. The monoisotopic (exact) mass is 344 g/mol. The number of carbonyl (C=O) groups excluding carboxylic acids is 2. The molecule has 134 valence electrons. The Morgan fingerprint density at radius 1 is 1.20 bits per heavy atom. The summed E-state index contributed by atoms with van der Waals surface area (Å²) in [7, 11) is 0. The molecule has 0 saturated heterocycles. The van der Waals surface area contributed by atoms with Crippen LogP contribution in [0.25, 0.3) is 0 Å². The summed E-state index contributed by atoms with van der Waals surface area (Å²) >= 11 is 0. The average Bonchev–Trinajstić information content (AvgIpc) is 3.08. The predicted molar refractivity (Wildman–Crippen MR) is 94.8 cm³/mol. The molecular formula is C19H24N2O4. The molecule has 25 heavy (non-hydrogen) atoms. The summed E-state index contributed by atoms with van der Waals surface area (Å²) in [6, 6.07) is 5.24. The van der Waals surface area contributed by atoms with Gasteiger partial charge in [0, 0.05) is 25.2 Å². The van der Waals surface area contributed by atoms with Gasteiger partial charge in [0.05, 0.1) is 0 Å². The van der Waals surface area contributed by atoms with Gasteiger partial charge in [-0.2, -0.15) is 0 Å². The molecule has 2 amide bonds. The zero-order chi connectivity index (χ0) is 17.6. The van der Waals surface area contributed by atoms with Crippen molar-refractivity contribution < 1.29 is 19.1 Å². The van der Waals surface area contributed by atoms with Gasteiger partial charge < -0.3 is 19.7 Å². The average molecular weight is 344 g/mol. The van der Waals surface area contributed by atoms with Crippen LogP contribution in [-0.4, -0.2) is 31.7 Å². The zero-order valence-electron chi connectivity index (χ0n) is 14.5. The number of anilines is 1. The van der Waals surface area contributed by atoms with E-state index in [-0.39, 0.29) is 25.2 Å². The van der Waals surface area contributed by atoms with Crippen LogP contribution in [0, 0.1) is 0 Å². The third kappa shape index (κ3) is 4.53. The summed E-state index contributed by atoms with van der Waals surface area (Å²) in [4.78, 5) is 25.6. The quantitative estimate of drug-likeness (QED) is 0.806. The molecule has 6 nitrogen and oxygen atoms in total. The maximum atomic E-state index is 12.2. The van der Waals surface area contributed by atoms with Crippen LogP contribution in [0.3, 0.4) is 0 Å². The molecule has 2 aliphatic rings. The van der Waals surface area contributed by atoms with Crippen LogP contribution in [0.5, 0.6) is 11.5 Å². The van der Waals surface area contributed by atoms with Gasteiger partial charge in [0.2, 0.25) is 18.6 Å². The van der Waals surface area contributed by atoms with Crippen LogP contribution < -0.4 is 19.7 Å². The summed E-state index contributed by atoms with van der Waals surface area (Å²) in [6.45, 7) is 2.23. The first kappa shape index (κ1) is 17.3. The number of benzene rings is 1. The molecule has 0 bridgehead atoms. The summed E-state index contributed by atoms with van der Waals surface area (Å²) < 4.78 is 10.6. The van der Waals surface area contributed by atoms with Crippen molar-refractivity contribution in [2.75, 3.05) is 24.8 Å². The third-order valence-electron chi connectivity index (χ3n) is 4.50. The van der Waals surface area contributed by atoms with Crippen molar-refractivity contribution in [2.24, 2.45) is 0 Å². The fourth-order valence-electron chi connectivity index (χ4n) is 3.13. The van der Waals surface area contributed by atoms with Crippen LogP contribution in [-0.2, 0) is 9.59 Å². The highest BCUT2D eigenvalue weighted by Crippen LogP contribution is 2.35. The lowest BCUT2D eigenvalue weighted by molar-refractivity contribution is -0.123. The Balaban J connectivity index is 1.55. The van der Waals surface area contributed by atoms with Gasteiger partial charge in [-0.05, 0) is 44.2 Å². The fourth-order valence-corrected chi connectivity index (χ4v) is 3.13. The van der Waals surface area contributed by atoms with E-state index >= 15 is 0 Å². The minimum absolute atomic E-state index is 0.00593. The molecule has 1 N–H and O–H groups in total. The molecule has 1 aliphatic carbocycles. The second kappa shape index (κ2) is 8.05.